The van der Waals surface area contributed by atoms with Crippen LogP contribution in [-0.4, -0.2) is 18.1 Å². The van der Waals surface area contributed by atoms with E-state index in [4.69, 9.17) is 10.2 Å². The Bertz CT molecular complexity index is 582. The zero-order valence-electron chi connectivity index (χ0n) is 12.8. The molecule has 0 aliphatic rings. The van der Waals surface area contributed by atoms with Crippen molar-refractivity contribution in [1.29, 1.82) is 0 Å². The van der Waals surface area contributed by atoms with Gasteiger partial charge in [-0.1, -0.05) is 20.8 Å². The summed E-state index contributed by atoms with van der Waals surface area (Å²) in [7, 11) is -1.79. The minimum atomic E-state index is -1.79. The highest BCUT2D eigenvalue weighted by Gasteiger charge is 2.38. The van der Waals surface area contributed by atoms with Crippen LogP contribution in [0.15, 0.2) is 36.5 Å². The molecule has 5 heteroatoms. The maximum atomic E-state index is 6.25. The summed E-state index contributed by atoms with van der Waals surface area (Å²) in [4.78, 5) is 0. The Hall–Kier alpha value is -1.75. The van der Waals surface area contributed by atoms with Crippen molar-refractivity contribution in [3.8, 4) is 11.4 Å². The van der Waals surface area contributed by atoms with E-state index in [1.54, 1.807) is 16.9 Å². The molecule has 1 aromatic heterocycles. The van der Waals surface area contributed by atoms with Gasteiger partial charge in [-0.25, -0.2) is 4.68 Å². The first-order chi connectivity index (χ1) is 9.21. The first-order valence-electron chi connectivity index (χ1n) is 6.80. The summed E-state index contributed by atoms with van der Waals surface area (Å²) in [5.74, 6) is 1.54. The average Bonchev–Trinajstić information content (AvgIpc) is 2.74. The molecule has 0 fully saturated rings. The highest BCUT2D eigenvalue weighted by molar-refractivity contribution is 6.74. The molecule has 2 rings (SSSR count). The molecule has 2 N–H and O–H groups in total. The quantitative estimate of drug-likeness (QED) is 0.873. The van der Waals surface area contributed by atoms with E-state index in [1.807, 2.05) is 24.3 Å². The van der Waals surface area contributed by atoms with Gasteiger partial charge >= 0.3 is 0 Å². The van der Waals surface area contributed by atoms with Crippen LogP contribution in [0.25, 0.3) is 5.69 Å². The molecule has 0 unspecified atom stereocenters. The molecule has 0 aliphatic carbocycles. The van der Waals surface area contributed by atoms with Crippen molar-refractivity contribution in [1.82, 2.24) is 9.78 Å². The van der Waals surface area contributed by atoms with Gasteiger partial charge < -0.3 is 10.2 Å². The van der Waals surface area contributed by atoms with Crippen LogP contribution in [0.2, 0.25) is 18.1 Å². The fourth-order valence-corrected chi connectivity index (χ4v) is 2.66. The molecule has 1 heterocycles. The molecule has 0 atom stereocenters. The number of nitrogen functional groups attached to an aromatic ring is 1. The maximum Gasteiger partial charge on any atom is 0.250 e. The van der Waals surface area contributed by atoms with Crippen molar-refractivity contribution >= 4 is 14.1 Å². The van der Waals surface area contributed by atoms with Gasteiger partial charge in [0.15, 0.2) is 0 Å². The van der Waals surface area contributed by atoms with Gasteiger partial charge in [0.25, 0.3) is 0 Å². The van der Waals surface area contributed by atoms with Crippen molar-refractivity contribution in [3.63, 3.8) is 0 Å². The van der Waals surface area contributed by atoms with E-state index >= 15 is 0 Å². The lowest BCUT2D eigenvalue weighted by molar-refractivity contribution is 0.492. The number of anilines is 1. The van der Waals surface area contributed by atoms with Crippen LogP contribution in [0.1, 0.15) is 20.8 Å². The third-order valence-corrected chi connectivity index (χ3v) is 8.29. The number of hydrogen-bond donors (Lipinski definition) is 1. The van der Waals surface area contributed by atoms with E-state index < -0.39 is 8.32 Å². The molecule has 108 valence electrons. The van der Waals surface area contributed by atoms with Crippen molar-refractivity contribution < 1.29 is 4.43 Å². The van der Waals surface area contributed by atoms with Crippen molar-refractivity contribution in [2.24, 2.45) is 0 Å². The van der Waals surface area contributed by atoms with E-state index in [1.165, 1.54) is 0 Å². The molecule has 1 aromatic carbocycles. The second-order valence-corrected chi connectivity index (χ2v) is 11.2. The van der Waals surface area contributed by atoms with Gasteiger partial charge in [-0.15, -0.1) is 0 Å². The summed E-state index contributed by atoms with van der Waals surface area (Å²) in [5.41, 5.74) is 6.79. The molecule has 2 aromatic rings. The zero-order valence-corrected chi connectivity index (χ0v) is 13.8. The molecule has 0 bridgehead atoms. The molecule has 0 saturated carbocycles. The van der Waals surface area contributed by atoms with Crippen LogP contribution >= 0.6 is 0 Å². The Labute approximate surface area is 121 Å². The molecule has 0 saturated heterocycles. The summed E-state index contributed by atoms with van der Waals surface area (Å²) >= 11 is 0. The lowest BCUT2D eigenvalue weighted by Gasteiger charge is -2.36. The molecule has 4 nitrogen and oxygen atoms in total. The van der Waals surface area contributed by atoms with E-state index in [9.17, 15) is 0 Å². The monoisotopic (exact) mass is 289 g/mol. The summed E-state index contributed by atoms with van der Waals surface area (Å²) < 4.78 is 7.95. The van der Waals surface area contributed by atoms with Crippen LogP contribution in [0.5, 0.6) is 5.75 Å². The third kappa shape index (κ3) is 2.87. The summed E-state index contributed by atoms with van der Waals surface area (Å²) in [6.45, 7) is 11.2. The van der Waals surface area contributed by atoms with E-state index in [0.29, 0.717) is 5.82 Å². The van der Waals surface area contributed by atoms with E-state index in [2.05, 4.69) is 39.0 Å². The predicted octanol–water partition coefficient (Wildman–Crippen LogP) is 3.84. The first kappa shape index (κ1) is 14.7. The molecular weight excluding hydrogens is 266 g/mol. The predicted molar refractivity (Wildman–Crippen MR) is 85.8 cm³/mol. The number of aromatic nitrogens is 2. The first-order valence-corrected chi connectivity index (χ1v) is 9.70. The second kappa shape index (κ2) is 4.98. The fourth-order valence-electron chi connectivity index (χ4n) is 1.63. The normalized spacial score (nSPS) is 12.4. The number of hydrogen-bond acceptors (Lipinski definition) is 3. The number of nitrogens with two attached hydrogens (primary N) is 1. The number of rotatable bonds is 3. The lowest BCUT2D eigenvalue weighted by atomic mass is 10.2. The highest BCUT2D eigenvalue weighted by atomic mass is 28.4. The van der Waals surface area contributed by atoms with Gasteiger partial charge in [0.1, 0.15) is 11.6 Å². The molecule has 0 amide bonds. The zero-order chi connectivity index (χ0) is 15.0. The molecule has 20 heavy (non-hydrogen) atoms. The Kier molecular flexibility index (Phi) is 3.65. The van der Waals surface area contributed by atoms with Crippen molar-refractivity contribution in [3.05, 3.63) is 36.5 Å². The van der Waals surface area contributed by atoms with E-state index in [0.717, 1.165) is 11.4 Å². The minimum Gasteiger partial charge on any atom is -0.544 e. The van der Waals surface area contributed by atoms with Crippen LogP contribution in [0.3, 0.4) is 0 Å². The van der Waals surface area contributed by atoms with Crippen LogP contribution in [0, 0.1) is 0 Å². The van der Waals surface area contributed by atoms with Crippen LogP contribution in [-0.2, 0) is 0 Å². The maximum absolute atomic E-state index is 6.25. The van der Waals surface area contributed by atoms with Gasteiger partial charge in [-0.2, -0.15) is 5.10 Å². The Morgan fingerprint density at radius 2 is 1.70 bits per heavy atom. The summed E-state index contributed by atoms with van der Waals surface area (Å²) in [6, 6.07) is 9.70. The van der Waals surface area contributed by atoms with Crippen molar-refractivity contribution in [2.75, 3.05) is 5.73 Å². The Balaban J connectivity index is 2.20. The Morgan fingerprint density at radius 1 is 1.10 bits per heavy atom. The number of nitrogens with zero attached hydrogens (tertiary/aromatic N) is 2. The largest absolute Gasteiger partial charge is 0.544 e. The summed E-state index contributed by atoms with van der Waals surface area (Å²) in [6.07, 6.45) is 1.69. The van der Waals surface area contributed by atoms with Gasteiger partial charge in [0, 0.05) is 6.07 Å². The van der Waals surface area contributed by atoms with Gasteiger partial charge in [-0.05, 0) is 42.4 Å². The van der Waals surface area contributed by atoms with Crippen LogP contribution in [0.4, 0.5) is 5.82 Å². The molecule has 0 radical (unpaired) electrons. The Morgan fingerprint density at radius 3 is 2.15 bits per heavy atom. The fraction of sp³-hybridized carbons (Fsp3) is 0.400. The van der Waals surface area contributed by atoms with Crippen LogP contribution < -0.4 is 10.2 Å². The average molecular weight is 289 g/mol. The topological polar surface area (TPSA) is 53.1 Å². The molecular formula is C15H23N3OSi. The highest BCUT2D eigenvalue weighted by Crippen LogP contribution is 2.37. The van der Waals surface area contributed by atoms with Gasteiger partial charge in [0.2, 0.25) is 8.32 Å². The van der Waals surface area contributed by atoms with Gasteiger partial charge in [0.05, 0.1) is 11.9 Å². The molecule has 0 aliphatic heterocycles. The number of benzene rings is 1. The molecule has 0 spiro atoms. The lowest BCUT2D eigenvalue weighted by Crippen LogP contribution is -2.43. The van der Waals surface area contributed by atoms with E-state index in [-0.39, 0.29) is 5.04 Å². The minimum absolute atomic E-state index is 0.193. The SMILES string of the molecule is CC(C)(C)[Si](C)(C)Oc1ccc(-n2nccc2N)cc1. The third-order valence-electron chi connectivity index (χ3n) is 3.93. The smallest absolute Gasteiger partial charge is 0.250 e. The van der Waals surface area contributed by atoms with Gasteiger partial charge in [-0.3, -0.25) is 0 Å². The standard InChI is InChI=1S/C15H23N3OSi/c1-15(2,3)20(4,5)19-13-8-6-12(7-9-13)18-14(16)10-11-17-18/h6-11H,16H2,1-5H3. The summed E-state index contributed by atoms with van der Waals surface area (Å²) in [5, 5.41) is 4.38. The van der Waals surface area contributed by atoms with Crippen molar-refractivity contribution in [2.45, 2.75) is 38.9 Å². The second-order valence-electron chi connectivity index (χ2n) is 6.52.